The van der Waals surface area contributed by atoms with Crippen molar-refractivity contribution in [2.24, 2.45) is 5.92 Å². The van der Waals surface area contributed by atoms with Crippen LogP contribution >= 0.6 is 0 Å². The molecule has 1 fully saturated rings. The molecule has 5 heteroatoms. The second-order valence-electron chi connectivity index (χ2n) is 4.73. The third kappa shape index (κ3) is 2.59. The van der Waals surface area contributed by atoms with E-state index in [1.54, 1.807) is 17.0 Å². The molecule has 1 saturated heterocycles. The van der Waals surface area contributed by atoms with E-state index in [9.17, 15) is 19.1 Å². The van der Waals surface area contributed by atoms with Gasteiger partial charge in [-0.1, -0.05) is 19.1 Å². The number of rotatable bonds is 4. The minimum absolute atomic E-state index is 0.0113. The van der Waals surface area contributed by atoms with Crippen LogP contribution in [0.2, 0.25) is 0 Å². The summed E-state index contributed by atoms with van der Waals surface area (Å²) in [5.41, 5.74) is 0.674. The third-order valence-electron chi connectivity index (χ3n) is 3.43. The van der Waals surface area contributed by atoms with Crippen LogP contribution in [0.25, 0.3) is 0 Å². The Bertz CT molecular complexity index is 486. The fourth-order valence-corrected chi connectivity index (χ4v) is 2.59. The fourth-order valence-electron chi connectivity index (χ4n) is 2.59. The van der Waals surface area contributed by atoms with Gasteiger partial charge in [-0.05, 0) is 24.1 Å². The molecule has 102 valence electrons. The molecule has 0 saturated carbocycles. The second-order valence-corrected chi connectivity index (χ2v) is 4.73. The van der Waals surface area contributed by atoms with Crippen molar-refractivity contribution < 1.29 is 19.1 Å². The first kappa shape index (κ1) is 13.5. The Kier molecular flexibility index (Phi) is 3.83. The highest BCUT2D eigenvalue weighted by Crippen LogP contribution is 2.38. The molecule has 0 aliphatic carbocycles. The van der Waals surface area contributed by atoms with Crippen molar-refractivity contribution in [3.63, 3.8) is 0 Å². The lowest BCUT2D eigenvalue weighted by Gasteiger charge is -2.27. The Morgan fingerprint density at radius 3 is 2.58 bits per heavy atom. The molecule has 19 heavy (non-hydrogen) atoms. The van der Waals surface area contributed by atoms with Gasteiger partial charge in [-0.25, -0.2) is 4.39 Å². The molecule has 1 aromatic rings. The highest BCUT2D eigenvalue weighted by molar-refractivity contribution is 5.87. The van der Waals surface area contributed by atoms with Gasteiger partial charge >= 0.3 is 5.97 Å². The molecule has 2 atom stereocenters. The van der Waals surface area contributed by atoms with Crippen LogP contribution in [0.4, 0.5) is 4.39 Å². The van der Waals surface area contributed by atoms with Gasteiger partial charge in [0.05, 0.1) is 12.0 Å². The van der Waals surface area contributed by atoms with Crippen LogP contribution in [-0.4, -0.2) is 28.4 Å². The van der Waals surface area contributed by atoms with E-state index in [0.29, 0.717) is 12.1 Å². The SMILES string of the molecule is CCCN1C(=O)C[C@@H](C(=O)O)[C@@H]1c1ccc(F)cc1. The topological polar surface area (TPSA) is 57.6 Å². The van der Waals surface area contributed by atoms with Gasteiger partial charge in [0.1, 0.15) is 5.82 Å². The molecule has 1 aliphatic heterocycles. The molecular weight excluding hydrogens is 249 g/mol. The zero-order valence-corrected chi connectivity index (χ0v) is 10.7. The predicted molar refractivity (Wildman–Crippen MR) is 66.9 cm³/mol. The van der Waals surface area contributed by atoms with Crippen molar-refractivity contribution in [2.75, 3.05) is 6.54 Å². The Morgan fingerprint density at radius 1 is 1.42 bits per heavy atom. The van der Waals surface area contributed by atoms with Crippen molar-refractivity contribution in [1.29, 1.82) is 0 Å². The van der Waals surface area contributed by atoms with Gasteiger partial charge in [0.15, 0.2) is 0 Å². The maximum Gasteiger partial charge on any atom is 0.309 e. The molecule has 2 rings (SSSR count). The summed E-state index contributed by atoms with van der Waals surface area (Å²) in [6, 6.07) is 5.20. The zero-order valence-electron chi connectivity index (χ0n) is 10.7. The molecule has 0 spiro atoms. The number of benzene rings is 1. The lowest BCUT2D eigenvalue weighted by molar-refractivity contribution is -0.142. The van der Waals surface area contributed by atoms with Crippen molar-refractivity contribution in [2.45, 2.75) is 25.8 Å². The smallest absolute Gasteiger partial charge is 0.309 e. The number of aliphatic carboxylic acids is 1. The fraction of sp³-hybridized carbons (Fsp3) is 0.429. The molecule has 1 aliphatic rings. The number of carboxylic acid groups (broad SMARTS) is 1. The number of hydrogen-bond donors (Lipinski definition) is 1. The van der Waals surface area contributed by atoms with Gasteiger partial charge < -0.3 is 10.0 Å². The summed E-state index contributed by atoms with van der Waals surface area (Å²) >= 11 is 0. The summed E-state index contributed by atoms with van der Waals surface area (Å²) in [5.74, 6) is -2.27. The van der Waals surface area contributed by atoms with Gasteiger partial charge in [-0.2, -0.15) is 0 Å². The van der Waals surface area contributed by atoms with Crippen LogP contribution in [0, 0.1) is 11.7 Å². The second kappa shape index (κ2) is 5.38. The van der Waals surface area contributed by atoms with Crippen molar-refractivity contribution in [3.8, 4) is 0 Å². The Balaban J connectivity index is 2.37. The minimum atomic E-state index is -0.985. The van der Waals surface area contributed by atoms with Gasteiger partial charge in [0.2, 0.25) is 5.91 Å². The maximum atomic E-state index is 13.0. The number of carboxylic acids is 1. The molecule has 0 aromatic heterocycles. The van der Waals surface area contributed by atoms with Crippen LogP contribution in [0.15, 0.2) is 24.3 Å². The summed E-state index contributed by atoms with van der Waals surface area (Å²) in [6.45, 7) is 2.45. The molecule has 0 radical (unpaired) electrons. The maximum absolute atomic E-state index is 13.0. The first-order chi connectivity index (χ1) is 9.04. The minimum Gasteiger partial charge on any atom is -0.481 e. The third-order valence-corrected chi connectivity index (χ3v) is 3.43. The summed E-state index contributed by atoms with van der Waals surface area (Å²) in [7, 11) is 0. The molecule has 1 amide bonds. The molecule has 4 nitrogen and oxygen atoms in total. The Morgan fingerprint density at radius 2 is 2.05 bits per heavy atom. The summed E-state index contributed by atoms with van der Waals surface area (Å²) in [5, 5.41) is 9.25. The van der Waals surface area contributed by atoms with Crippen LogP contribution in [0.3, 0.4) is 0 Å². The first-order valence-electron chi connectivity index (χ1n) is 6.32. The molecule has 1 N–H and O–H groups in total. The van der Waals surface area contributed by atoms with E-state index in [2.05, 4.69) is 0 Å². The Hall–Kier alpha value is -1.91. The standard InChI is InChI=1S/C14H16FNO3/c1-2-7-16-12(17)8-11(14(18)19)13(16)9-3-5-10(15)6-4-9/h3-6,11,13H,2,7-8H2,1H3,(H,18,19)/t11-,13+/m1/s1. The largest absolute Gasteiger partial charge is 0.481 e. The van der Waals surface area contributed by atoms with E-state index < -0.39 is 17.9 Å². The normalized spacial score (nSPS) is 22.8. The average Bonchev–Trinajstić information content (AvgIpc) is 2.69. The molecule has 1 heterocycles. The lowest BCUT2D eigenvalue weighted by Crippen LogP contribution is -2.31. The monoisotopic (exact) mass is 265 g/mol. The molecule has 1 aromatic carbocycles. The van der Waals surface area contributed by atoms with Crippen LogP contribution in [-0.2, 0) is 9.59 Å². The predicted octanol–water partition coefficient (Wildman–Crippen LogP) is 2.21. The van der Waals surface area contributed by atoms with Gasteiger partial charge in [-0.15, -0.1) is 0 Å². The molecular formula is C14H16FNO3. The number of amides is 1. The number of hydrogen-bond acceptors (Lipinski definition) is 2. The van der Waals surface area contributed by atoms with E-state index in [1.165, 1.54) is 12.1 Å². The summed E-state index contributed by atoms with van der Waals surface area (Å²) in [6.07, 6.45) is 0.771. The number of carbonyl (C=O) groups is 2. The van der Waals surface area contributed by atoms with E-state index in [-0.39, 0.29) is 18.1 Å². The van der Waals surface area contributed by atoms with E-state index in [4.69, 9.17) is 0 Å². The number of likely N-dealkylation sites (tertiary alicyclic amines) is 1. The first-order valence-corrected chi connectivity index (χ1v) is 6.32. The highest BCUT2D eigenvalue weighted by atomic mass is 19.1. The van der Waals surface area contributed by atoms with Crippen LogP contribution in [0.1, 0.15) is 31.4 Å². The quantitative estimate of drug-likeness (QED) is 0.908. The van der Waals surface area contributed by atoms with Crippen molar-refractivity contribution in [3.05, 3.63) is 35.6 Å². The Labute approximate surface area is 110 Å². The average molecular weight is 265 g/mol. The van der Waals surface area contributed by atoms with Crippen LogP contribution < -0.4 is 0 Å². The number of carbonyl (C=O) groups excluding carboxylic acids is 1. The van der Waals surface area contributed by atoms with Gasteiger partial charge in [0, 0.05) is 13.0 Å². The zero-order chi connectivity index (χ0) is 14.0. The molecule has 0 bridgehead atoms. The summed E-state index contributed by atoms with van der Waals surface area (Å²) < 4.78 is 13.0. The van der Waals surface area contributed by atoms with E-state index in [0.717, 1.165) is 6.42 Å². The number of nitrogens with zero attached hydrogens (tertiary/aromatic N) is 1. The molecule has 0 unspecified atom stereocenters. The van der Waals surface area contributed by atoms with Crippen molar-refractivity contribution >= 4 is 11.9 Å². The van der Waals surface area contributed by atoms with Crippen molar-refractivity contribution in [1.82, 2.24) is 4.90 Å². The highest BCUT2D eigenvalue weighted by Gasteiger charge is 2.44. The summed E-state index contributed by atoms with van der Waals surface area (Å²) in [4.78, 5) is 24.8. The van der Waals surface area contributed by atoms with E-state index in [1.807, 2.05) is 6.92 Å². The van der Waals surface area contributed by atoms with Crippen LogP contribution in [0.5, 0.6) is 0 Å². The van der Waals surface area contributed by atoms with Gasteiger partial charge in [-0.3, -0.25) is 9.59 Å². The lowest BCUT2D eigenvalue weighted by atomic mass is 9.93. The van der Waals surface area contributed by atoms with Gasteiger partial charge in [0.25, 0.3) is 0 Å². The van der Waals surface area contributed by atoms with E-state index >= 15 is 0 Å². The number of halogens is 1.